The topological polar surface area (TPSA) is 63.4 Å². The molecule has 1 aliphatic rings. The highest BCUT2D eigenvalue weighted by Crippen LogP contribution is 2.32. The van der Waals surface area contributed by atoms with Crippen LogP contribution >= 0.6 is 11.6 Å². The van der Waals surface area contributed by atoms with Crippen molar-refractivity contribution >= 4 is 23.4 Å². The lowest BCUT2D eigenvalue weighted by molar-refractivity contribution is -0.137. The maximum Gasteiger partial charge on any atom is 0.416 e. The Morgan fingerprint density at radius 1 is 1.30 bits per heavy atom. The van der Waals surface area contributed by atoms with Crippen molar-refractivity contribution in [3.05, 3.63) is 34.3 Å². The predicted octanol–water partition coefficient (Wildman–Crippen LogP) is 3.09. The van der Waals surface area contributed by atoms with Crippen molar-refractivity contribution in [2.24, 2.45) is 11.7 Å². The lowest BCUT2D eigenvalue weighted by atomic mass is 9.94. The number of rotatable bonds is 3. The number of piperidine rings is 1. The minimum Gasteiger partial charge on any atom is -0.370 e. The zero-order chi connectivity index (χ0) is 17.2. The van der Waals surface area contributed by atoms with E-state index in [2.05, 4.69) is 0 Å². The molecule has 0 spiro atoms. The molecule has 2 N–H and O–H groups in total. The molecule has 23 heavy (non-hydrogen) atoms. The van der Waals surface area contributed by atoms with E-state index in [0.717, 1.165) is 18.6 Å². The molecule has 0 aliphatic carbocycles. The number of hydrogen-bond acceptors (Lipinski definition) is 2. The number of amides is 2. The summed E-state index contributed by atoms with van der Waals surface area (Å²) in [6.45, 7) is 0.734. The molecule has 0 aromatic heterocycles. The summed E-state index contributed by atoms with van der Waals surface area (Å²) in [5.41, 5.74) is 4.09. The number of hydrogen-bond donors (Lipinski definition) is 1. The molecule has 1 aromatic carbocycles. The van der Waals surface area contributed by atoms with Crippen LogP contribution in [-0.2, 0) is 11.0 Å². The molecule has 0 bridgehead atoms. The van der Waals surface area contributed by atoms with E-state index in [0.29, 0.717) is 19.5 Å². The Labute approximate surface area is 136 Å². The van der Waals surface area contributed by atoms with Crippen LogP contribution in [0.4, 0.5) is 13.2 Å². The molecule has 0 radical (unpaired) electrons. The largest absolute Gasteiger partial charge is 0.416 e. The number of halogens is 4. The van der Waals surface area contributed by atoms with Gasteiger partial charge in [0.2, 0.25) is 5.91 Å². The summed E-state index contributed by atoms with van der Waals surface area (Å²) in [5.74, 6) is -1.04. The van der Waals surface area contributed by atoms with Crippen LogP contribution in [0.1, 0.15) is 35.2 Å². The van der Waals surface area contributed by atoms with E-state index in [1.54, 1.807) is 0 Å². The third-order valence-corrected chi connectivity index (χ3v) is 3.99. The van der Waals surface area contributed by atoms with Gasteiger partial charge in [0.1, 0.15) is 0 Å². The van der Waals surface area contributed by atoms with Gasteiger partial charge in [-0.1, -0.05) is 11.6 Å². The lowest BCUT2D eigenvalue weighted by Gasteiger charge is -2.32. The van der Waals surface area contributed by atoms with Crippen LogP contribution in [0.2, 0.25) is 5.02 Å². The van der Waals surface area contributed by atoms with Crippen LogP contribution in [0.15, 0.2) is 18.2 Å². The van der Waals surface area contributed by atoms with E-state index in [9.17, 15) is 22.8 Å². The van der Waals surface area contributed by atoms with Gasteiger partial charge in [-0.25, -0.2) is 0 Å². The summed E-state index contributed by atoms with van der Waals surface area (Å²) in [5, 5.41) is -0.145. The molecule has 1 unspecified atom stereocenters. The number of alkyl halides is 3. The Balaban J connectivity index is 2.19. The Kier molecular flexibility index (Phi) is 5.19. The number of nitrogens with two attached hydrogens (primary N) is 1. The second kappa shape index (κ2) is 6.78. The van der Waals surface area contributed by atoms with Crippen LogP contribution < -0.4 is 5.73 Å². The highest BCUT2D eigenvalue weighted by atomic mass is 35.5. The molecule has 1 saturated heterocycles. The third-order valence-electron chi connectivity index (χ3n) is 3.77. The molecule has 2 amide bonds. The van der Waals surface area contributed by atoms with Gasteiger partial charge in [-0.05, 0) is 37.0 Å². The Morgan fingerprint density at radius 2 is 2.00 bits per heavy atom. The minimum atomic E-state index is -4.57. The van der Waals surface area contributed by atoms with Crippen LogP contribution in [0, 0.1) is 5.92 Å². The monoisotopic (exact) mass is 348 g/mol. The van der Waals surface area contributed by atoms with Crippen molar-refractivity contribution in [1.29, 1.82) is 0 Å². The smallest absolute Gasteiger partial charge is 0.370 e. The van der Waals surface area contributed by atoms with E-state index >= 15 is 0 Å². The number of carbonyl (C=O) groups excluding carboxylic acids is 2. The molecule has 1 atom stereocenters. The number of carbonyl (C=O) groups is 2. The summed E-state index contributed by atoms with van der Waals surface area (Å²) in [4.78, 5) is 24.9. The summed E-state index contributed by atoms with van der Waals surface area (Å²) >= 11 is 5.70. The average Bonchev–Trinajstić information content (AvgIpc) is 2.44. The summed E-state index contributed by atoms with van der Waals surface area (Å²) in [6, 6.07) is 2.80. The Morgan fingerprint density at radius 3 is 2.61 bits per heavy atom. The number of primary amides is 1. The number of likely N-dealkylation sites (tertiary alicyclic amines) is 1. The van der Waals surface area contributed by atoms with E-state index in [1.807, 2.05) is 0 Å². The van der Waals surface area contributed by atoms with Gasteiger partial charge in [-0.3, -0.25) is 9.59 Å². The van der Waals surface area contributed by atoms with Gasteiger partial charge in [0.15, 0.2) is 0 Å². The first-order valence-corrected chi connectivity index (χ1v) is 7.50. The molecule has 1 heterocycles. The number of benzene rings is 1. The van der Waals surface area contributed by atoms with Crippen LogP contribution in [0.25, 0.3) is 0 Å². The number of nitrogens with zero attached hydrogens (tertiary/aromatic N) is 1. The molecule has 126 valence electrons. The summed E-state index contributed by atoms with van der Waals surface area (Å²) in [7, 11) is 0. The van der Waals surface area contributed by atoms with Crippen LogP contribution in [0.3, 0.4) is 0 Å². The van der Waals surface area contributed by atoms with E-state index in [1.165, 1.54) is 11.0 Å². The molecular formula is C15H16ClF3N2O2. The van der Waals surface area contributed by atoms with Gasteiger partial charge >= 0.3 is 6.18 Å². The molecule has 1 fully saturated rings. The van der Waals surface area contributed by atoms with Crippen LogP contribution in [0.5, 0.6) is 0 Å². The lowest BCUT2D eigenvalue weighted by Crippen LogP contribution is -2.41. The highest BCUT2D eigenvalue weighted by Gasteiger charge is 2.33. The third kappa shape index (κ3) is 4.60. The van der Waals surface area contributed by atoms with Gasteiger partial charge in [-0.2, -0.15) is 13.2 Å². The molecule has 0 saturated carbocycles. The molecule has 1 aromatic rings. The molecule has 1 aliphatic heterocycles. The van der Waals surface area contributed by atoms with Crippen molar-refractivity contribution in [1.82, 2.24) is 4.90 Å². The predicted molar refractivity (Wildman–Crippen MR) is 78.9 cm³/mol. The molecular weight excluding hydrogens is 333 g/mol. The quantitative estimate of drug-likeness (QED) is 0.912. The maximum atomic E-state index is 12.8. The minimum absolute atomic E-state index is 0.0635. The van der Waals surface area contributed by atoms with Crippen molar-refractivity contribution in [2.45, 2.75) is 25.4 Å². The second-order valence-corrected chi connectivity index (χ2v) is 6.09. The SMILES string of the molecule is NC(=O)CC1CCCN(C(=O)c2cc(Cl)cc(C(F)(F)F)c2)C1. The Bertz CT molecular complexity index is 619. The second-order valence-electron chi connectivity index (χ2n) is 5.66. The molecule has 4 nitrogen and oxygen atoms in total. The highest BCUT2D eigenvalue weighted by molar-refractivity contribution is 6.31. The maximum absolute atomic E-state index is 12.8. The van der Waals surface area contributed by atoms with Crippen molar-refractivity contribution < 1.29 is 22.8 Å². The Hall–Kier alpha value is -1.76. The fourth-order valence-electron chi connectivity index (χ4n) is 2.76. The van der Waals surface area contributed by atoms with E-state index in [4.69, 9.17) is 17.3 Å². The standard InChI is InChI=1S/C15H16ClF3N2O2/c16-12-6-10(5-11(7-12)15(17,18)19)14(23)21-3-1-2-9(8-21)4-13(20)22/h5-7,9H,1-4,8H2,(H2,20,22). The molecule has 2 rings (SSSR count). The summed E-state index contributed by atoms with van der Waals surface area (Å²) in [6.07, 6.45) is -2.98. The average molecular weight is 349 g/mol. The van der Waals surface area contributed by atoms with Gasteiger partial charge < -0.3 is 10.6 Å². The van der Waals surface area contributed by atoms with Crippen LogP contribution in [-0.4, -0.2) is 29.8 Å². The van der Waals surface area contributed by atoms with Gasteiger partial charge in [0, 0.05) is 30.1 Å². The van der Waals surface area contributed by atoms with Gasteiger partial charge in [0.25, 0.3) is 5.91 Å². The van der Waals surface area contributed by atoms with Gasteiger partial charge in [0.05, 0.1) is 5.56 Å². The van der Waals surface area contributed by atoms with Gasteiger partial charge in [-0.15, -0.1) is 0 Å². The van der Waals surface area contributed by atoms with Crippen molar-refractivity contribution in [3.63, 3.8) is 0 Å². The normalized spacial score (nSPS) is 18.8. The van der Waals surface area contributed by atoms with Crippen molar-refractivity contribution in [2.75, 3.05) is 13.1 Å². The first kappa shape index (κ1) is 17.6. The zero-order valence-corrected chi connectivity index (χ0v) is 13.0. The fourth-order valence-corrected chi connectivity index (χ4v) is 3.00. The zero-order valence-electron chi connectivity index (χ0n) is 12.2. The van der Waals surface area contributed by atoms with E-state index < -0.39 is 23.6 Å². The fraction of sp³-hybridized carbons (Fsp3) is 0.467. The molecule has 8 heteroatoms. The first-order valence-electron chi connectivity index (χ1n) is 7.12. The first-order chi connectivity index (χ1) is 10.7. The van der Waals surface area contributed by atoms with Crippen molar-refractivity contribution in [3.8, 4) is 0 Å². The van der Waals surface area contributed by atoms with E-state index in [-0.39, 0.29) is 22.9 Å². The summed E-state index contributed by atoms with van der Waals surface area (Å²) < 4.78 is 38.5.